The molecule has 43 heavy (non-hydrogen) atoms. The Bertz CT molecular complexity index is 1630. The average molecular weight is 792 g/mol. The van der Waals surface area contributed by atoms with Gasteiger partial charge in [-0.05, 0) is 37.7 Å². The van der Waals surface area contributed by atoms with Crippen molar-refractivity contribution in [3.63, 3.8) is 0 Å². The van der Waals surface area contributed by atoms with Crippen LogP contribution in [0.1, 0.15) is 36.5 Å². The third-order valence-corrected chi connectivity index (χ3v) is 6.54. The molecule has 0 spiro atoms. The number of hydrogen-bond acceptors (Lipinski definition) is 5. The van der Waals surface area contributed by atoms with Gasteiger partial charge in [-0.3, -0.25) is 9.97 Å². The van der Waals surface area contributed by atoms with E-state index in [0.717, 1.165) is 6.07 Å². The molecule has 0 aliphatic carbocycles. The molecular formula is C28H24F8N6Pt. The first kappa shape index (κ1) is 34.0. The van der Waals surface area contributed by atoms with Crippen LogP contribution in [-0.2, 0) is 38.8 Å². The Morgan fingerprint density at radius 2 is 1.23 bits per heavy atom. The van der Waals surface area contributed by atoms with Crippen molar-refractivity contribution in [2.45, 2.75) is 31.6 Å². The van der Waals surface area contributed by atoms with Crippen LogP contribution in [0.4, 0.5) is 46.5 Å². The smallest absolute Gasteiger partial charge is 0.652 e. The van der Waals surface area contributed by atoms with Crippen LogP contribution in [0.5, 0.6) is 0 Å². The van der Waals surface area contributed by atoms with Crippen LogP contribution >= 0.6 is 0 Å². The molecule has 4 aromatic rings. The van der Waals surface area contributed by atoms with Crippen LogP contribution in [0, 0.1) is 18.0 Å². The molecule has 232 valence electrons. The first-order chi connectivity index (χ1) is 19.3. The molecule has 0 saturated heterocycles. The van der Waals surface area contributed by atoms with Crippen molar-refractivity contribution in [3.8, 4) is 22.6 Å². The van der Waals surface area contributed by atoms with E-state index in [1.807, 2.05) is 0 Å². The molecule has 0 aliphatic heterocycles. The number of hydrogen-bond donors (Lipinski definition) is 0. The van der Waals surface area contributed by atoms with Gasteiger partial charge in [-0.15, -0.1) is 6.07 Å². The van der Waals surface area contributed by atoms with Gasteiger partial charge in [0.1, 0.15) is 11.9 Å². The molecule has 0 N–H and O–H groups in total. The van der Waals surface area contributed by atoms with Gasteiger partial charge in [-0.25, -0.2) is 8.78 Å². The Balaban J connectivity index is 0.00000506. The minimum absolute atomic E-state index is 0. The molecule has 0 atom stereocenters. The van der Waals surface area contributed by atoms with E-state index in [4.69, 9.17) is 0 Å². The molecule has 0 fully saturated rings. The summed E-state index contributed by atoms with van der Waals surface area (Å²) in [7, 11) is 6.62. The van der Waals surface area contributed by atoms with Gasteiger partial charge < -0.3 is 19.8 Å². The molecule has 0 aliphatic rings. The van der Waals surface area contributed by atoms with Gasteiger partial charge in [-0.1, -0.05) is 35.2 Å². The van der Waals surface area contributed by atoms with Crippen molar-refractivity contribution in [1.82, 2.24) is 19.9 Å². The van der Waals surface area contributed by atoms with Crippen LogP contribution in [-0.4, -0.2) is 43.1 Å². The van der Waals surface area contributed by atoms with Crippen LogP contribution in [0.25, 0.3) is 22.6 Å². The van der Waals surface area contributed by atoms with Crippen molar-refractivity contribution in [1.29, 1.82) is 0 Å². The largest absolute Gasteiger partial charge is 2.00 e. The monoisotopic (exact) mass is 791 g/mol. The van der Waals surface area contributed by atoms with E-state index in [0.29, 0.717) is 11.4 Å². The van der Waals surface area contributed by atoms with Crippen LogP contribution in [0.15, 0.2) is 36.4 Å². The molecular weight excluding hydrogens is 767 g/mol. The normalized spacial score (nSPS) is 12.2. The summed E-state index contributed by atoms with van der Waals surface area (Å²) in [6, 6.07) is 9.21. The molecule has 0 radical (unpaired) electrons. The molecule has 0 bridgehead atoms. The third-order valence-electron chi connectivity index (χ3n) is 6.54. The van der Waals surface area contributed by atoms with E-state index in [1.54, 1.807) is 64.0 Å². The average Bonchev–Trinajstić information content (AvgIpc) is 3.35. The quantitative estimate of drug-likeness (QED) is 0.123. The van der Waals surface area contributed by atoms with E-state index >= 15 is 0 Å². The Labute approximate surface area is 256 Å². The van der Waals surface area contributed by atoms with Crippen molar-refractivity contribution >= 4 is 11.4 Å². The fraction of sp³-hybridized carbons (Fsp3) is 0.321. The van der Waals surface area contributed by atoms with Gasteiger partial charge in [-0.2, -0.15) is 26.3 Å². The predicted molar refractivity (Wildman–Crippen MR) is 140 cm³/mol. The zero-order valence-corrected chi connectivity index (χ0v) is 25.8. The van der Waals surface area contributed by atoms with Crippen LogP contribution < -0.4 is 14.8 Å². The molecule has 4 aromatic heterocycles. The summed E-state index contributed by atoms with van der Waals surface area (Å²) in [5.74, 6) is -2.23. The van der Waals surface area contributed by atoms with Crippen molar-refractivity contribution in [2.75, 3.05) is 38.0 Å². The second kappa shape index (κ2) is 11.9. The van der Waals surface area contributed by atoms with Crippen LogP contribution in [0.3, 0.4) is 0 Å². The number of nitrogens with zero attached hydrogens (tertiary/aromatic N) is 6. The first-order valence-corrected chi connectivity index (χ1v) is 12.3. The minimum atomic E-state index is -5.14. The van der Waals surface area contributed by atoms with Crippen molar-refractivity contribution in [3.05, 3.63) is 77.0 Å². The number of rotatable bonds is 6. The summed E-state index contributed by atoms with van der Waals surface area (Å²) in [6.45, 7) is 3.30. The number of halogens is 8. The standard InChI is InChI=1S/C28H24F8N6.Pt/c1-26(2,20-11-14(41(3)4)9-18(37-20)16-7-8-23(29)40-25(16)30)21-12-15(42(5)6)10-19(38-21)24-17(27(31,32)33)13-22(39-24)28(34,35)36;/h8-13H,1-6H3;/q-2;+2. The van der Waals surface area contributed by atoms with E-state index in [9.17, 15) is 35.1 Å². The third kappa shape index (κ3) is 7.00. The van der Waals surface area contributed by atoms with Gasteiger partial charge in [0.2, 0.25) is 0 Å². The summed E-state index contributed by atoms with van der Waals surface area (Å²) in [4.78, 5) is 18.6. The Morgan fingerprint density at radius 3 is 1.70 bits per heavy atom. The number of anilines is 2. The maximum Gasteiger partial charge on any atom is 2.00 e. The van der Waals surface area contributed by atoms with Gasteiger partial charge in [0, 0.05) is 56.2 Å². The molecule has 0 unspecified atom stereocenters. The zero-order chi connectivity index (χ0) is 31.4. The van der Waals surface area contributed by atoms with Gasteiger partial charge in [0.15, 0.2) is 0 Å². The summed E-state index contributed by atoms with van der Waals surface area (Å²) in [6.07, 6.45) is -10.3. The molecule has 0 amide bonds. The summed E-state index contributed by atoms with van der Waals surface area (Å²) in [5, 5.41) is 0. The van der Waals surface area contributed by atoms with E-state index < -0.39 is 52.3 Å². The maximum atomic E-state index is 14.6. The van der Waals surface area contributed by atoms with Crippen molar-refractivity contribution in [2.24, 2.45) is 0 Å². The Kier molecular flexibility index (Phi) is 9.36. The van der Waals surface area contributed by atoms with Gasteiger partial charge in [0.05, 0.1) is 11.4 Å². The van der Waals surface area contributed by atoms with Crippen molar-refractivity contribution < 1.29 is 56.2 Å². The molecule has 4 heterocycles. The topological polar surface area (TPSA) is 59.3 Å². The second-order valence-electron chi connectivity index (χ2n) is 10.4. The zero-order valence-electron chi connectivity index (χ0n) is 23.5. The molecule has 4 rings (SSSR count). The summed E-state index contributed by atoms with van der Waals surface area (Å²) < 4.78 is 110. The fourth-order valence-corrected chi connectivity index (χ4v) is 4.10. The van der Waals surface area contributed by atoms with Gasteiger partial charge in [0.25, 0.3) is 0 Å². The van der Waals surface area contributed by atoms with E-state index in [-0.39, 0.29) is 49.8 Å². The predicted octanol–water partition coefficient (Wildman–Crippen LogP) is 6.73. The fourth-order valence-electron chi connectivity index (χ4n) is 4.10. The SMILES string of the molecule is CN(C)c1cc(-c2[c-]cc(F)nc2F)nc(C(C)(C)c2cc(N(C)C)cc(-c3[n-]c(C(F)(F)F)cc3C(F)(F)F)n2)c1.[Pt+2]. The van der Waals surface area contributed by atoms with Gasteiger partial charge >= 0.3 is 33.4 Å². The molecule has 6 nitrogen and oxygen atoms in total. The second-order valence-corrected chi connectivity index (χ2v) is 10.4. The Morgan fingerprint density at radius 1 is 0.721 bits per heavy atom. The van der Waals surface area contributed by atoms with Crippen LogP contribution in [0.2, 0.25) is 0 Å². The van der Waals surface area contributed by atoms with E-state index in [2.05, 4.69) is 26.0 Å². The molecule has 0 aromatic carbocycles. The number of pyridine rings is 3. The molecule has 15 heteroatoms. The number of aromatic nitrogens is 4. The maximum absolute atomic E-state index is 14.6. The molecule has 0 saturated carbocycles. The number of alkyl halides is 6. The Hall–Kier alpha value is -3.54. The summed E-state index contributed by atoms with van der Waals surface area (Å²) >= 11 is 0. The van der Waals surface area contributed by atoms with E-state index in [1.165, 1.54) is 12.1 Å². The first-order valence-electron chi connectivity index (χ1n) is 12.3. The minimum Gasteiger partial charge on any atom is -0.652 e. The summed E-state index contributed by atoms with van der Waals surface area (Å²) in [5.41, 5.74) is -4.77.